The van der Waals surface area contributed by atoms with Crippen LogP contribution in [0.25, 0.3) is 11.0 Å². The van der Waals surface area contributed by atoms with E-state index >= 15 is 0 Å². The topological polar surface area (TPSA) is 42.2 Å². The van der Waals surface area contributed by atoms with Gasteiger partial charge in [-0.25, -0.2) is 0 Å². The van der Waals surface area contributed by atoms with Gasteiger partial charge in [0.05, 0.1) is 0 Å². The van der Waals surface area contributed by atoms with E-state index in [1.165, 1.54) is 17.7 Å². The molecule has 25 heavy (non-hydrogen) atoms. The molecule has 0 aliphatic rings. The summed E-state index contributed by atoms with van der Waals surface area (Å²) >= 11 is 1.89. The maximum Gasteiger partial charge on any atom is 0.199 e. The van der Waals surface area contributed by atoms with Crippen LogP contribution in [0.4, 0.5) is 5.69 Å². The number of furan rings is 1. The smallest absolute Gasteiger partial charge is 0.199 e. The van der Waals surface area contributed by atoms with E-state index in [1.807, 2.05) is 42.1 Å². The molecule has 3 rings (SSSR count). The van der Waals surface area contributed by atoms with E-state index in [9.17, 15) is 4.79 Å². The Morgan fingerprint density at radius 3 is 2.68 bits per heavy atom. The molecule has 4 heteroatoms. The monoisotopic (exact) mass is 353 g/mol. The maximum atomic E-state index is 12.3. The van der Waals surface area contributed by atoms with Crippen molar-refractivity contribution in [3.63, 3.8) is 0 Å². The van der Waals surface area contributed by atoms with Crippen molar-refractivity contribution in [1.82, 2.24) is 0 Å². The van der Waals surface area contributed by atoms with Crippen LogP contribution in [0.3, 0.4) is 0 Å². The minimum absolute atomic E-state index is 0.0236. The molecule has 0 radical (unpaired) electrons. The Kier molecular flexibility index (Phi) is 6.18. The Morgan fingerprint density at radius 2 is 1.92 bits per heavy atom. The van der Waals surface area contributed by atoms with Crippen molar-refractivity contribution < 1.29 is 9.21 Å². The number of benzene rings is 2. The standard InChI is InChI=1S/C21H23NO2S/c1-2-3-14-25-18-10-8-17(9-11-18)22-13-12-19(23)21-15-16-6-4-5-7-20(16)24-21/h4-11,15,22H,2-3,12-14H2,1H3. The normalized spacial score (nSPS) is 10.9. The number of para-hydroxylation sites is 1. The van der Waals surface area contributed by atoms with Crippen LogP contribution >= 0.6 is 11.8 Å². The molecule has 0 aliphatic heterocycles. The fourth-order valence-electron chi connectivity index (χ4n) is 2.57. The molecule has 130 valence electrons. The van der Waals surface area contributed by atoms with Crippen LogP contribution < -0.4 is 5.32 Å². The lowest BCUT2D eigenvalue weighted by Crippen LogP contribution is -2.08. The van der Waals surface area contributed by atoms with Gasteiger partial charge in [-0.3, -0.25) is 4.79 Å². The first kappa shape index (κ1) is 17.6. The molecule has 0 saturated heterocycles. The molecule has 3 nitrogen and oxygen atoms in total. The summed E-state index contributed by atoms with van der Waals surface area (Å²) in [7, 11) is 0. The summed E-state index contributed by atoms with van der Waals surface area (Å²) in [4.78, 5) is 13.6. The number of anilines is 1. The molecular weight excluding hydrogens is 330 g/mol. The van der Waals surface area contributed by atoms with E-state index in [2.05, 4.69) is 36.5 Å². The van der Waals surface area contributed by atoms with Crippen LogP contribution in [0.15, 0.2) is 63.9 Å². The van der Waals surface area contributed by atoms with Crippen molar-refractivity contribution >= 4 is 34.2 Å². The lowest BCUT2D eigenvalue weighted by molar-refractivity contribution is 0.0962. The fourth-order valence-corrected chi connectivity index (χ4v) is 3.56. The van der Waals surface area contributed by atoms with E-state index in [1.54, 1.807) is 0 Å². The molecular formula is C21H23NO2S. The van der Waals surface area contributed by atoms with Crippen LogP contribution in [0, 0.1) is 0 Å². The third-order valence-corrected chi connectivity index (χ3v) is 5.10. The summed E-state index contributed by atoms with van der Waals surface area (Å²) in [5.41, 5.74) is 1.80. The van der Waals surface area contributed by atoms with Crippen molar-refractivity contribution in [1.29, 1.82) is 0 Å². The van der Waals surface area contributed by atoms with Gasteiger partial charge in [-0.2, -0.15) is 0 Å². The van der Waals surface area contributed by atoms with E-state index in [-0.39, 0.29) is 5.78 Å². The number of hydrogen-bond donors (Lipinski definition) is 1. The Labute approximate surface area is 152 Å². The number of hydrogen-bond acceptors (Lipinski definition) is 4. The molecule has 2 aromatic carbocycles. The lowest BCUT2D eigenvalue weighted by Gasteiger charge is -2.06. The predicted molar refractivity (Wildman–Crippen MR) is 106 cm³/mol. The van der Waals surface area contributed by atoms with Crippen molar-refractivity contribution in [3.8, 4) is 0 Å². The average Bonchev–Trinajstić information content (AvgIpc) is 3.07. The first-order valence-corrected chi connectivity index (χ1v) is 9.73. The number of nitrogens with one attached hydrogen (secondary N) is 1. The first-order chi connectivity index (χ1) is 12.3. The predicted octanol–water partition coefficient (Wildman–Crippen LogP) is 6.01. The third kappa shape index (κ3) is 4.89. The number of unbranched alkanes of at least 4 members (excludes halogenated alkanes) is 1. The summed E-state index contributed by atoms with van der Waals surface area (Å²) in [5, 5.41) is 4.27. The Hall–Kier alpha value is -2.20. The molecule has 0 fully saturated rings. The molecule has 0 amide bonds. The highest BCUT2D eigenvalue weighted by Gasteiger charge is 2.11. The van der Waals surface area contributed by atoms with E-state index in [4.69, 9.17) is 4.42 Å². The van der Waals surface area contributed by atoms with E-state index in [0.717, 1.165) is 22.4 Å². The number of fused-ring (bicyclic) bond motifs is 1. The van der Waals surface area contributed by atoms with Gasteiger partial charge in [-0.05, 0) is 48.6 Å². The number of rotatable bonds is 9. The zero-order chi connectivity index (χ0) is 17.5. The largest absolute Gasteiger partial charge is 0.453 e. The first-order valence-electron chi connectivity index (χ1n) is 8.75. The fraction of sp³-hybridized carbons (Fsp3) is 0.286. The zero-order valence-electron chi connectivity index (χ0n) is 14.5. The van der Waals surface area contributed by atoms with Gasteiger partial charge >= 0.3 is 0 Å². The maximum absolute atomic E-state index is 12.3. The van der Waals surface area contributed by atoms with Crippen molar-refractivity contribution in [2.45, 2.75) is 31.1 Å². The molecule has 1 aromatic heterocycles. The summed E-state index contributed by atoms with van der Waals surface area (Å²) in [5.74, 6) is 1.62. The van der Waals surface area contributed by atoms with Gasteiger partial charge in [0.2, 0.25) is 0 Å². The average molecular weight is 353 g/mol. The van der Waals surface area contributed by atoms with Crippen molar-refractivity contribution in [2.75, 3.05) is 17.6 Å². The number of carbonyl (C=O) groups is 1. The van der Waals surface area contributed by atoms with Crippen molar-refractivity contribution in [2.24, 2.45) is 0 Å². The molecule has 1 heterocycles. The van der Waals surface area contributed by atoms with Gasteiger partial charge in [-0.15, -0.1) is 11.8 Å². The highest BCUT2D eigenvalue weighted by Crippen LogP contribution is 2.22. The molecule has 0 saturated carbocycles. The number of thioether (sulfide) groups is 1. The molecule has 0 spiro atoms. The quantitative estimate of drug-likeness (QED) is 0.290. The molecule has 0 atom stereocenters. The number of Topliss-reactive ketones (excluding diaryl/α,β-unsaturated/α-hetero) is 1. The van der Waals surface area contributed by atoms with Crippen LogP contribution in [-0.4, -0.2) is 18.1 Å². The van der Waals surface area contributed by atoms with Gasteiger partial charge < -0.3 is 9.73 Å². The number of ketones is 1. The third-order valence-electron chi connectivity index (χ3n) is 4.00. The Morgan fingerprint density at radius 1 is 1.12 bits per heavy atom. The molecule has 3 aromatic rings. The van der Waals surface area contributed by atoms with E-state index < -0.39 is 0 Å². The second-order valence-corrected chi connectivity index (χ2v) is 7.14. The number of carbonyl (C=O) groups excluding carboxylic acids is 1. The van der Waals surface area contributed by atoms with Gasteiger partial charge in [0.25, 0.3) is 0 Å². The minimum atomic E-state index is 0.0236. The molecule has 1 N–H and O–H groups in total. The lowest BCUT2D eigenvalue weighted by atomic mass is 10.2. The summed E-state index contributed by atoms with van der Waals surface area (Å²) in [6, 6.07) is 17.9. The van der Waals surface area contributed by atoms with Crippen LogP contribution in [0.2, 0.25) is 0 Å². The zero-order valence-corrected chi connectivity index (χ0v) is 15.3. The Balaban J connectivity index is 1.48. The van der Waals surface area contributed by atoms with Gasteiger partial charge in [0.1, 0.15) is 5.58 Å². The summed E-state index contributed by atoms with van der Waals surface area (Å²) < 4.78 is 5.61. The molecule has 0 unspecified atom stereocenters. The molecule has 0 bridgehead atoms. The summed E-state index contributed by atoms with van der Waals surface area (Å²) in [6.07, 6.45) is 2.88. The van der Waals surface area contributed by atoms with Crippen LogP contribution in [0.1, 0.15) is 36.7 Å². The van der Waals surface area contributed by atoms with E-state index in [0.29, 0.717) is 18.7 Å². The van der Waals surface area contributed by atoms with Crippen molar-refractivity contribution in [3.05, 3.63) is 60.4 Å². The second-order valence-electron chi connectivity index (χ2n) is 5.97. The van der Waals surface area contributed by atoms with Crippen LogP contribution in [-0.2, 0) is 0 Å². The van der Waals surface area contributed by atoms with Gasteiger partial charge in [-0.1, -0.05) is 31.5 Å². The second kappa shape index (κ2) is 8.77. The highest BCUT2D eigenvalue weighted by atomic mass is 32.2. The van der Waals surface area contributed by atoms with Gasteiger partial charge in [0, 0.05) is 28.9 Å². The van der Waals surface area contributed by atoms with Crippen LogP contribution in [0.5, 0.6) is 0 Å². The Bertz CT molecular complexity index is 790. The summed E-state index contributed by atoms with van der Waals surface area (Å²) in [6.45, 7) is 2.80. The van der Waals surface area contributed by atoms with Gasteiger partial charge in [0.15, 0.2) is 11.5 Å². The highest BCUT2D eigenvalue weighted by molar-refractivity contribution is 7.99. The molecule has 0 aliphatic carbocycles. The minimum Gasteiger partial charge on any atom is -0.453 e. The SMILES string of the molecule is CCCCSc1ccc(NCCC(=O)c2cc3ccccc3o2)cc1.